The van der Waals surface area contributed by atoms with Gasteiger partial charge < -0.3 is 15.8 Å². The van der Waals surface area contributed by atoms with Gasteiger partial charge in [0.05, 0.1) is 0 Å². The normalized spacial score (nSPS) is 27.9. The Morgan fingerprint density at radius 3 is 2.22 bits per heavy atom. The van der Waals surface area contributed by atoms with Gasteiger partial charge >= 0.3 is 0 Å². The molecule has 0 bridgehead atoms. The number of amidine groups is 1. The van der Waals surface area contributed by atoms with E-state index in [4.69, 9.17) is 10.9 Å². The number of rotatable bonds is 2. The first-order chi connectivity index (χ1) is 8.65. The van der Waals surface area contributed by atoms with Crippen molar-refractivity contribution in [2.75, 3.05) is 13.1 Å². The van der Waals surface area contributed by atoms with Gasteiger partial charge in [0.1, 0.15) is 5.84 Å². The number of piperidine rings is 1. The molecule has 1 aliphatic heterocycles. The van der Waals surface area contributed by atoms with E-state index < -0.39 is 0 Å². The van der Waals surface area contributed by atoms with Crippen LogP contribution in [0.15, 0.2) is 5.16 Å². The minimum atomic E-state index is -0.101. The van der Waals surface area contributed by atoms with Crippen molar-refractivity contribution in [3.05, 3.63) is 0 Å². The molecule has 4 heteroatoms. The molecule has 1 saturated heterocycles. The van der Waals surface area contributed by atoms with E-state index in [0.29, 0.717) is 5.84 Å². The van der Waals surface area contributed by atoms with Gasteiger partial charge in [-0.25, -0.2) is 0 Å². The molecule has 0 atom stereocenters. The molecule has 1 aliphatic carbocycles. The molecule has 0 aromatic rings. The predicted molar refractivity (Wildman–Crippen MR) is 73.8 cm³/mol. The minimum Gasteiger partial charge on any atom is -0.409 e. The number of oxime groups is 1. The van der Waals surface area contributed by atoms with Gasteiger partial charge in [0.2, 0.25) is 0 Å². The predicted octanol–water partition coefficient (Wildman–Crippen LogP) is 2.56. The second-order valence-corrected chi connectivity index (χ2v) is 6.23. The molecule has 4 nitrogen and oxygen atoms in total. The summed E-state index contributed by atoms with van der Waals surface area (Å²) in [5, 5.41) is 12.1. The standard InChI is InChI=1S/C14H27N3O/c1-14(13(15)16-18)8-10-17(11-9-14)12-6-4-2-3-5-7-12/h12,18H,2-11H2,1H3,(H2,15,16). The highest BCUT2D eigenvalue weighted by Gasteiger charge is 2.36. The average Bonchev–Trinajstić information content (AvgIpc) is 2.67. The van der Waals surface area contributed by atoms with Gasteiger partial charge in [-0.3, -0.25) is 0 Å². The van der Waals surface area contributed by atoms with E-state index >= 15 is 0 Å². The molecule has 0 aromatic heterocycles. The first-order valence-electron chi connectivity index (χ1n) is 7.38. The fourth-order valence-corrected chi connectivity index (χ4v) is 3.38. The number of hydrogen-bond donors (Lipinski definition) is 2. The zero-order chi connectivity index (χ0) is 13.0. The van der Waals surface area contributed by atoms with Gasteiger partial charge in [-0.2, -0.15) is 0 Å². The maximum absolute atomic E-state index is 8.85. The van der Waals surface area contributed by atoms with Gasteiger partial charge in [0.15, 0.2) is 0 Å². The Morgan fingerprint density at radius 2 is 1.72 bits per heavy atom. The highest BCUT2D eigenvalue weighted by molar-refractivity contribution is 5.85. The van der Waals surface area contributed by atoms with Crippen molar-refractivity contribution < 1.29 is 5.21 Å². The molecule has 1 saturated carbocycles. The first kappa shape index (κ1) is 13.7. The third-order valence-electron chi connectivity index (χ3n) is 4.97. The topological polar surface area (TPSA) is 61.9 Å². The highest BCUT2D eigenvalue weighted by Crippen LogP contribution is 2.33. The average molecular weight is 253 g/mol. The van der Waals surface area contributed by atoms with Gasteiger partial charge in [0.25, 0.3) is 0 Å². The van der Waals surface area contributed by atoms with E-state index in [1.165, 1.54) is 38.5 Å². The number of likely N-dealkylation sites (tertiary alicyclic amines) is 1. The molecule has 0 spiro atoms. The lowest BCUT2D eigenvalue weighted by atomic mass is 9.78. The van der Waals surface area contributed by atoms with Crippen LogP contribution >= 0.6 is 0 Å². The lowest BCUT2D eigenvalue weighted by Gasteiger charge is -2.42. The van der Waals surface area contributed by atoms with E-state index in [1.54, 1.807) is 0 Å². The summed E-state index contributed by atoms with van der Waals surface area (Å²) in [4.78, 5) is 2.64. The molecule has 2 aliphatic rings. The van der Waals surface area contributed by atoms with Gasteiger partial charge in [-0.15, -0.1) is 0 Å². The van der Waals surface area contributed by atoms with Gasteiger partial charge in [0, 0.05) is 11.5 Å². The maximum atomic E-state index is 8.85. The molecule has 0 radical (unpaired) electrons. The molecule has 0 unspecified atom stereocenters. The third-order valence-corrected chi connectivity index (χ3v) is 4.97. The summed E-state index contributed by atoms with van der Waals surface area (Å²) in [6.07, 6.45) is 10.3. The smallest absolute Gasteiger partial charge is 0.145 e. The molecule has 18 heavy (non-hydrogen) atoms. The summed E-state index contributed by atoms with van der Waals surface area (Å²) in [5.74, 6) is 0.406. The van der Waals surface area contributed by atoms with Crippen LogP contribution in [0.3, 0.4) is 0 Å². The Hall–Kier alpha value is -0.770. The Balaban J connectivity index is 1.89. The zero-order valence-corrected chi connectivity index (χ0v) is 11.6. The molecule has 3 N–H and O–H groups in total. The lowest BCUT2D eigenvalue weighted by Crippen LogP contribution is -2.48. The van der Waals surface area contributed by atoms with Crippen molar-refractivity contribution in [2.24, 2.45) is 16.3 Å². The number of nitrogens with zero attached hydrogens (tertiary/aromatic N) is 2. The minimum absolute atomic E-state index is 0.101. The monoisotopic (exact) mass is 253 g/mol. The summed E-state index contributed by atoms with van der Waals surface area (Å²) in [7, 11) is 0. The van der Waals surface area contributed by atoms with Crippen molar-refractivity contribution in [3.8, 4) is 0 Å². The quantitative estimate of drug-likeness (QED) is 0.261. The van der Waals surface area contributed by atoms with Crippen molar-refractivity contribution in [3.63, 3.8) is 0 Å². The Morgan fingerprint density at radius 1 is 1.17 bits per heavy atom. The molecule has 1 heterocycles. The van der Waals surface area contributed by atoms with Gasteiger partial charge in [-0.05, 0) is 38.8 Å². The fourth-order valence-electron chi connectivity index (χ4n) is 3.38. The van der Waals surface area contributed by atoms with E-state index in [-0.39, 0.29) is 5.41 Å². The summed E-state index contributed by atoms with van der Waals surface area (Å²) in [6, 6.07) is 0.782. The number of hydrogen-bond acceptors (Lipinski definition) is 3. The Labute approximate surface area is 110 Å². The molecule has 0 aromatic carbocycles. The third kappa shape index (κ3) is 2.97. The van der Waals surface area contributed by atoms with E-state index in [2.05, 4.69) is 17.0 Å². The Kier molecular flexibility index (Phi) is 4.49. The largest absolute Gasteiger partial charge is 0.409 e. The summed E-state index contributed by atoms with van der Waals surface area (Å²) >= 11 is 0. The highest BCUT2D eigenvalue weighted by atomic mass is 16.4. The van der Waals surface area contributed by atoms with Crippen LogP contribution in [0.2, 0.25) is 0 Å². The molecule has 2 rings (SSSR count). The molecule has 104 valence electrons. The van der Waals surface area contributed by atoms with Crippen LogP contribution in [-0.4, -0.2) is 35.1 Å². The van der Waals surface area contributed by atoms with Crippen LogP contribution in [0.4, 0.5) is 0 Å². The summed E-state index contributed by atoms with van der Waals surface area (Å²) in [6.45, 7) is 4.31. The van der Waals surface area contributed by atoms with Crippen LogP contribution < -0.4 is 5.73 Å². The summed E-state index contributed by atoms with van der Waals surface area (Å²) in [5.41, 5.74) is 5.71. The van der Waals surface area contributed by atoms with Gasteiger partial charge in [-0.1, -0.05) is 37.8 Å². The van der Waals surface area contributed by atoms with Crippen LogP contribution in [0.25, 0.3) is 0 Å². The second kappa shape index (κ2) is 5.91. The zero-order valence-electron chi connectivity index (χ0n) is 11.6. The first-order valence-corrected chi connectivity index (χ1v) is 7.38. The lowest BCUT2D eigenvalue weighted by molar-refractivity contribution is 0.105. The van der Waals surface area contributed by atoms with Crippen LogP contribution in [0.1, 0.15) is 58.3 Å². The van der Waals surface area contributed by atoms with Crippen molar-refractivity contribution in [2.45, 2.75) is 64.3 Å². The van der Waals surface area contributed by atoms with Crippen molar-refractivity contribution in [1.29, 1.82) is 0 Å². The molecular weight excluding hydrogens is 226 g/mol. The van der Waals surface area contributed by atoms with Crippen LogP contribution in [0, 0.1) is 5.41 Å². The van der Waals surface area contributed by atoms with Crippen molar-refractivity contribution >= 4 is 5.84 Å². The van der Waals surface area contributed by atoms with E-state index in [1.807, 2.05) is 0 Å². The molecule has 2 fully saturated rings. The second-order valence-electron chi connectivity index (χ2n) is 6.23. The molecular formula is C14H27N3O. The van der Waals surface area contributed by atoms with Crippen LogP contribution in [0.5, 0.6) is 0 Å². The van der Waals surface area contributed by atoms with E-state index in [9.17, 15) is 0 Å². The van der Waals surface area contributed by atoms with Crippen LogP contribution in [-0.2, 0) is 0 Å². The summed E-state index contributed by atoms with van der Waals surface area (Å²) < 4.78 is 0. The fraction of sp³-hybridized carbons (Fsp3) is 0.929. The number of nitrogens with two attached hydrogens (primary N) is 1. The maximum Gasteiger partial charge on any atom is 0.145 e. The van der Waals surface area contributed by atoms with Crippen molar-refractivity contribution in [1.82, 2.24) is 4.90 Å². The van der Waals surface area contributed by atoms with E-state index in [0.717, 1.165) is 32.0 Å². The SMILES string of the molecule is CC1(C(N)=NO)CCN(C2CCCCCC2)CC1. The molecule has 0 amide bonds. The Bertz CT molecular complexity index is 287.